The zero-order valence-electron chi connectivity index (χ0n) is 14.7. The van der Waals surface area contributed by atoms with E-state index in [9.17, 15) is 33.0 Å². The van der Waals surface area contributed by atoms with E-state index < -0.39 is 45.5 Å². The second-order valence-corrected chi connectivity index (χ2v) is 9.43. The second kappa shape index (κ2) is 9.07. The third kappa shape index (κ3) is 5.23. The van der Waals surface area contributed by atoms with E-state index in [1.165, 1.54) is 18.7 Å². The average Bonchev–Trinajstić information content (AvgIpc) is 2.76. The molecule has 1 fully saturated rings. The van der Waals surface area contributed by atoms with Crippen molar-refractivity contribution in [2.75, 3.05) is 24.3 Å². The minimum Gasteiger partial charge on any atom is -0.543 e. The summed E-state index contributed by atoms with van der Waals surface area (Å²) in [5.41, 5.74) is -0.231. The number of nitrogens with zero attached hydrogens (tertiary/aromatic N) is 1. The molecule has 2 aliphatic rings. The Bertz CT molecular complexity index is 738. The Balaban J connectivity index is 0.00000338. The minimum absolute atomic E-state index is 0. The SMILES string of the molecule is CC(=O)NCCSC1=C(C(=O)[O-])N2C(=O)C(C(O)CS(C)(=O)=O)C2C1.[Na+]. The standard InChI is InChI=1S/C14H20N2O7S2.Na/c1-7(17)15-3-4-24-10-5-8-11(9(18)6-25(2,22)23)13(19)16(8)12(10)14(20)21;/h8-9,11,18H,3-6H2,1-2H3,(H,15,17)(H,20,21);/q;+1/p-1. The number of β-lactam (4-membered cyclic amide) rings is 1. The predicted molar refractivity (Wildman–Crippen MR) is 87.6 cm³/mol. The van der Waals surface area contributed by atoms with Gasteiger partial charge in [0.15, 0.2) is 0 Å². The maximum absolute atomic E-state index is 12.2. The van der Waals surface area contributed by atoms with Crippen molar-refractivity contribution in [3.8, 4) is 0 Å². The van der Waals surface area contributed by atoms with E-state index in [1.54, 1.807) is 0 Å². The quantitative estimate of drug-likeness (QED) is 0.227. The van der Waals surface area contributed by atoms with Crippen LogP contribution in [0.2, 0.25) is 0 Å². The van der Waals surface area contributed by atoms with Gasteiger partial charge in [0.2, 0.25) is 11.8 Å². The second-order valence-electron chi connectivity index (χ2n) is 6.06. The number of carboxylic acids is 1. The van der Waals surface area contributed by atoms with Crippen molar-refractivity contribution in [1.82, 2.24) is 10.2 Å². The molecule has 0 aromatic carbocycles. The number of hydrogen-bond donors (Lipinski definition) is 2. The van der Waals surface area contributed by atoms with Crippen molar-refractivity contribution in [2.45, 2.75) is 25.5 Å². The maximum Gasteiger partial charge on any atom is 1.00 e. The molecule has 140 valence electrons. The van der Waals surface area contributed by atoms with Gasteiger partial charge in [-0.3, -0.25) is 9.59 Å². The number of carboxylic acid groups (broad SMARTS) is 1. The van der Waals surface area contributed by atoms with Gasteiger partial charge in [0, 0.05) is 36.8 Å². The van der Waals surface area contributed by atoms with Crippen LogP contribution >= 0.6 is 11.8 Å². The van der Waals surface area contributed by atoms with Crippen LogP contribution in [0.15, 0.2) is 10.6 Å². The smallest absolute Gasteiger partial charge is 0.543 e. The summed E-state index contributed by atoms with van der Waals surface area (Å²) < 4.78 is 22.6. The van der Waals surface area contributed by atoms with Gasteiger partial charge in [-0.15, -0.1) is 11.8 Å². The summed E-state index contributed by atoms with van der Waals surface area (Å²) >= 11 is 1.19. The number of aliphatic hydroxyl groups excluding tert-OH is 1. The topological polar surface area (TPSA) is 144 Å². The molecule has 1 saturated heterocycles. The third-order valence-corrected chi connectivity index (χ3v) is 6.07. The number of aliphatic hydroxyl groups is 1. The van der Waals surface area contributed by atoms with E-state index in [-0.39, 0.29) is 47.6 Å². The number of aliphatic carboxylic acids is 1. The molecule has 0 bridgehead atoms. The zero-order valence-corrected chi connectivity index (χ0v) is 18.4. The molecule has 0 saturated carbocycles. The van der Waals surface area contributed by atoms with Crippen molar-refractivity contribution in [3.63, 3.8) is 0 Å². The van der Waals surface area contributed by atoms with E-state index in [2.05, 4.69) is 5.32 Å². The summed E-state index contributed by atoms with van der Waals surface area (Å²) in [6.07, 6.45) is -0.207. The molecule has 2 N–H and O–H groups in total. The van der Waals surface area contributed by atoms with Gasteiger partial charge in [-0.05, 0) is 0 Å². The van der Waals surface area contributed by atoms with Crippen LogP contribution in [0.3, 0.4) is 0 Å². The summed E-state index contributed by atoms with van der Waals surface area (Å²) in [6.45, 7) is 1.70. The molecular formula is C14H19N2NaO7S2. The van der Waals surface area contributed by atoms with Crippen molar-refractivity contribution in [3.05, 3.63) is 10.6 Å². The van der Waals surface area contributed by atoms with Gasteiger partial charge in [-0.2, -0.15) is 0 Å². The van der Waals surface area contributed by atoms with Crippen LogP contribution in [-0.2, 0) is 24.2 Å². The first-order valence-electron chi connectivity index (χ1n) is 7.53. The number of fused-ring (bicyclic) bond motifs is 1. The molecule has 2 amide bonds. The van der Waals surface area contributed by atoms with E-state index in [0.29, 0.717) is 17.2 Å². The molecular weight excluding hydrogens is 395 g/mol. The van der Waals surface area contributed by atoms with Crippen molar-refractivity contribution in [1.29, 1.82) is 0 Å². The molecule has 0 aromatic heterocycles. The van der Waals surface area contributed by atoms with Crippen LogP contribution in [0.1, 0.15) is 13.3 Å². The summed E-state index contributed by atoms with van der Waals surface area (Å²) in [5.74, 6) is -3.40. The largest absolute Gasteiger partial charge is 1.00 e. The van der Waals surface area contributed by atoms with Crippen LogP contribution in [0, 0.1) is 5.92 Å². The van der Waals surface area contributed by atoms with Gasteiger partial charge in [-0.25, -0.2) is 8.42 Å². The Morgan fingerprint density at radius 3 is 2.58 bits per heavy atom. The van der Waals surface area contributed by atoms with Crippen molar-refractivity contribution >= 4 is 39.4 Å². The molecule has 9 nitrogen and oxygen atoms in total. The molecule has 2 heterocycles. The summed E-state index contributed by atoms with van der Waals surface area (Å²) in [7, 11) is -3.47. The Labute approximate surface area is 177 Å². The molecule has 0 aliphatic carbocycles. The van der Waals surface area contributed by atoms with Gasteiger partial charge in [0.1, 0.15) is 9.84 Å². The number of nitrogens with one attached hydrogen (secondary N) is 1. The molecule has 3 atom stereocenters. The van der Waals surface area contributed by atoms with Crippen molar-refractivity contribution in [2.24, 2.45) is 5.92 Å². The number of sulfone groups is 1. The predicted octanol–water partition coefficient (Wildman–Crippen LogP) is -5.54. The summed E-state index contributed by atoms with van der Waals surface area (Å²) in [5, 5.41) is 24.0. The number of hydrogen-bond acceptors (Lipinski definition) is 8. The Morgan fingerprint density at radius 1 is 1.46 bits per heavy atom. The molecule has 0 radical (unpaired) electrons. The third-order valence-electron chi connectivity index (χ3n) is 4.00. The van der Waals surface area contributed by atoms with E-state index >= 15 is 0 Å². The van der Waals surface area contributed by atoms with Crippen LogP contribution < -0.4 is 40.0 Å². The molecule has 2 aliphatic heterocycles. The fourth-order valence-corrected chi connectivity index (χ4v) is 4.94. The molecule has 3 unspecified atom stereocenters. The fourth-order valence-electron chi connectivity index (χ4n) is 3.06. The van der Waals surface area contributed by atoms with Crippen LogP contribution in [-0.4, -0.2) is 72.7 Å². The van der Waals surface area contributed by atoms with E-state index in [0.717, 1.165) is 11.2 Å². The monoisotopic (exact) mass is 414 g/mol. The normalized spacial score (nSPS) is 23.0. The number of rotatable bonds is 8. The van der Waals surface area contributed by atoms with Crippen LogP contribution in [0.5, 0.6) is 0 Å². The van der Waals surface area contributed by atoms with Gasteiger partial charge in [-0.1, -0.05) is 0 Å². The summed E-state index contributed by atoms with van der Waals surface area (Å²) in [4.78, 5) is 35.9. The number of thioether (sulfide) groups is 1. The van der Waals surface area contributed by atoms with Crippen LogP contribution in [0.4, 0.5) is 0 Å². The number of carbonyl (C=O) groups is 3. The van der Waals surface area contributed by atoms with E-state index in [4.69, 9.17) is 0 Å². The average molecular weight is 414 g/mol. The van der Waals surface area contributed by atoms with Crippen LogP contribution in [0.25, 0.3) is 0 Å². The first kappa shape index (κ1) is 23.4. The van der Waals surface area contributed by atoms with Gasteiger partial charge >= 0.3 is 29.6 Å². The fraction of sp³-hybridized carbons (Fsp3) is 0.643. The number of carbonyl (C=O) groups excluding carboxylic acids is 3. The Kier molecular flexibility index (Phi) is 8.18. The van der Waals surface area contributed by atoms with E-state index in [1.807, 2.05) is 0 Å². The van der Waals surface area contributed by atoms with Gasteiger partial charge in [0.05, 0.1) is 35.5 Å². The molecule has 0 spiro atoms. The first-order valence-corrected chi connectivity index (χ1v) is 10.6. The Morgan fingerprint density at radius 2 is 2.08 bits per heavy atom. The van der Waals surface area contributed by atoms with Gasteiger partial charge in [0.25, 0.3) is 0 Å². The van der Waals surface area contributed by atoms with Gasteiger partial charge < -0.3 is 25.2 Å². The zero-order chi connectivity index (χ0) is 18.9. The molecule has 2 rings (SSSR count). The summed E-state index contributed by atoms with van der Waals surface area (Å²) in [6, 6.07) is -0.583. The molecule has 0 aromatic rings. The molecule has 26 heavy (non-hydrogen) atoms. The number of amides is 2. The maximum atomic E-state index is 12.2. The first-order chi connectivity index (χ1) is 11.5. The minimum atomic E-state index is -3.47. The Hall–Kier alpha value is -0.590. The van der Waals surface area contributed by atoms with Crippen molar-refractivity contribution < 1.29 is 62.6 Å². The molecule has 12 heteroatoms.